The van der Waals surface area contributed by atoms with Crippen molar-refractivity contribution in [2.45, 2.75) is 12.5 Å². The van der Waals surface area contributed by atoms with Gasteiger partial charge in [-0.05, 0) is 36.2 Å². The number of benzene rings is 2. The topological polar surface area (TPSA) is 38.9 Å². The molecule has 1 heterocycles. The summed E-state index contributed by atoms with van der Waals surface area (Å²) in [6.45, 7) is 0. The molecule has 0 spiro atoms. The molecule has 0 bridgehead atoms. The van der Waals surface area contributed by atoms with Crippen LogP contribution in [0, 0.1) is 17.5 Å². The summed E-state index contributed by atoms with van der Waals surface area (Å²) in [6, 6.07) is 9.02. The number of hydrogen-bond donors (Lipinski definition) is 1. The maximum atomic E-state index is 13.2. The van der Waals surface area contributed by atoms with Crippen molar-refractivity contribution in [2.75, 3.05) is 0 Å². The molecule has 0 saturated heterocycles. The lowest BCUT2D eigenvalue weighted by Gasteiger charge is -2.09. The first kappa shape index (κ1) is 14.0. The molecule has 0 fully saturated rings. The molecule has 2 nitrogen and oxygen atoms in total. The van der Waals surface area contributed by atoms with Gasteiger partial charge in [0.2, 0.25) is 0 Å². The molecule has 21 heavy (non-hydrogen) atoms. The molecule has 2 N–H and O–H groups in total. The average Bonchev–Trinajstić information content (AvgIpc) is 2.88. The molecule has 1 unspecified atom stereocenters. The zero-order chi connectivity index (χ0) is 15.0. The highest BCUT2D eigenvalue weighted by molar-refractivity contribution is 7.18. The monoisotopic (exact) mass is 308 g/mol. The Bertz CT molecular complexity index is 744. The van der Waals surface area contributed by atoms with Crippen LogP contribution in [0.25, 0.3) is 10.2 Å². The van der Waals surface area contributed by atoms with E-state index in [0.29, 0.717) is 10.6 Å². The van der Waals surface area contributed by atoms with Crippen molar-refractivity contribution in [3.05, 3.63) is 64.4 Å². The maximum Gasteiger partial charge on any atom is 0.194 e. The second-order valence-electron chi connectivity index (χ2n) is 4.70. The number of fused-ring (bicyclic) bond motifs is 1. The van der Waals surface area contributed by atoms with Crippen LogP contribution in [-0.4, -0.2) is 4.98 Å². The van der Waals surface area contributed by atoms with E-state index in [1.54, 1.807) is 0 Å². The van der Waals surface area contributed by atoms with Crippen molar-refractivity contribution >= 4 is 21.6 Å². The van der Waals surface area contributed by atoms with Crippen LogP contribution in [0.2, 0.25) is 0 Å². The normalized spacial score (nSPS) is 12.8. The summed E-state index contributed by atoms with van der Waals surface area (Å²) in [7, 11) is 0. The summed E-state index contributed by atoms with van der Waals surface area (Å²) < 4.78 is 40.3. The van der Waals surface area contributed by atoms with Gasteiger partial charge in [0, 0.05) is 0 Å². The third kappa shape index (κ3) is 2.77. The first-order valence-corrected chi connectivity index (χ1v) is 7.10. The molecule has 0 saturated carbocycles. The fourth-order valence-electron chi connectivity index (χ4n) is 2.12. The van der Waals surface area contributed by atoms with Crippen LogP contribution in [0.1, 0.15) is 16.6 Å². The lowest BCUT2D eigenvalue weighted by molar-refractivity contribution is 0.444. The minimum absolute atomic E-state index is 0.188. The van der Waals surface area contributed by atoms with Crippen LogP contribution >= 0.6 is 11.3 Å². The minimum atomic E-state index is -1.47. The molecular formula is C15H11F3N2S. The fourth-order valence-corrected chi connectivity index (χ4v) is 3.08. The highest BCUT2D eigenvalue weighted by Gasteiger charge is 2.16. The summed E-state index contributed by atoms with van der Waals surface area (Å²) in [5.41, 5.74) is 7.18. The number of aromatic nitrogens is 1. The third-order valence-electron chi connectivity index (χ3n) is 3.13. The van der Waals surface area contributed by atoms with Crippen molar-refractivity contribution in [3.8, 4) is 0 Å². The van der Waals surface area contributed by atoms with Crippen LogP contribution in [0.4, 0.5) is 13.2 Å². The Morgan fingerprint density at radius 2 is 1.76 bits per heavy atom. The van der Waals surface area contributed by atoms with E-state index in [1.807, 2.05) is 24.3 Å². The van der Waals surface area contributed by atoms with E-state index in [0.717, 1.165) is 22.3 Å². The molecule has 3 rings (SSSR count). The van der Waals surface area contributed by atoms with E-state index < -0.39 is 23.5 Å². The van der Waals surface area contributed by atoms with Crippen molar-refractivity contribution in [1.29, 1.82) is 0 Å². The molecule has 0 aliphatic carbocycles. The minimum Gasteiger partial charge on any atom is -0.322 e. The third-order valence-corrected chi connectivity index (χ3v) is 4.30. The van der Waals surface area contributed by atoms with Gasteiger partial charge in [-0.1, -0.05) is 12.1 Å². The Kier molecular flexibility index (Phi) is 3.65. The molecule has 0 aliphatic rings. The smallest absolute Gasteiger partial charge is 0.194 e. The van der Waals surface area contributed by atoms with Crippen LogP contribution < -0.4 is 5.73 Å². The molecule has 2 aromatic carbocycles. The van der Waals surface area contributed by atoms with Gasteiger partial charge in [0.1, 0.15) is 5.01 Å². The second kappa shape index (κ2) is 5.46. The molecule has 1 aromatic heterocycles. The zero-order valence-corrected chi connectivity index (χ0v) is 11.6. The number of thiazole rings is 1. The predicted molar refractivity (Wildman–Crippen MR) is 76.6 cm³/mol. The van der Waals surface area contributed by atoms with Crippen LogP contribution in [-0.2, 0) is 6.42 Å². The van der Waals surface area contributed by atoms with Crippen LogP contribution in [0.5, 0.6) is 0 Å². The largest absolute Gasteiger partial charge is 0.322 e. The van der Waals surface area contributed by atoms with Gasteiger partial charge in [0.05, 0.1) is 16.3 Å². The summed E-state index contributed by atoms with van der Waals surface area (Å²) in [5.74, 6) is -3.88. The molecule has 3 aromatic rings. The van der Waals surface area contributed by atoms with Crippen molar-refractivity contribution in [1.82, 2.24) is 4.98 Å². The lowest BCUT2D eigenvalue weighted by Crippen LogP contribution is -2.13. The Balaban J connectivity index is 1.87. The summed E-state index contributed by atoms with van der Waals surface area (Å²) in [4.78, 5) is 4.40. The number of para-hydroxylation sites is 1. The Morgan fingerprint density at radius 1 is 1.10 bits per heavy atom. The van der Waals surface area contributed by atoms with Gasteiger partial charge >= 0.3 is 0 Å². The molecule has 108 valence electrons. The number of nitrogens with two attached hydrogens (primary N) is 1. The molecule has 0 aliphatic heterocycles. The first-order chi connectivity index (χ1) is 10.0. The summed E-state index contributed by atoms with van der Waals surface area (Å²) in [6.07, 6.45) is 0.188. The van der Waals surface area contributed by atoms with E-state index in [1.165, 1.54) is 11.3 Å². The summed E-state index contributed by atoms with van der Waals surface area (Å²) in [5, 5.41) is 0.682. The number of rotatable bonds is 3. The molecule has 0 radical (unpaired) electrons. The van der Waals surface area contributed by atoms with Gasteiger partial charge in [-0.15, -0.1) is 11.3 Å². The highest BCUT2D eigenvalue weighted by Crippen LogP contribution is 2.27. The SMILES string of the molecule is NC(Cc1cc(F)c(F)c(F)c1)c1nc2ccccc2s1. The average molecular weight is 308 g/mol. The quantitative estimate of drug-likeness (QED) is 0.744. The van der Waals surface area contributed by atoms with E-state index in [4.69, 9.17) is 5.73 Å². The van der Waals surface area contributed by atoms with Gasteiger partial charge in [0.15, 0.2) is 17.5 Å². The molecule has 6 heteroatoms. The Hall–Kier alpha value is -1.92. The number of halogens is 3. The van der Waals surface area contributed by atoms with Gasteiger partial charge in [-0.2, -0.15) is 0 Å². The van der Waals surface area contributed by atoms with E-state index >= 15 is 0 Å². The summed E-state index contributed by atoms with van der Waals surface area (Å²) >= 11 is 1.44. The highest BCUT2D eigenvalue weighted by atomic mass is 32.1. The maximum absolute atomic E-state index is 13.2. The standard InChI is InChI=1S/C15H11F3N2S/c16-9-5-8(6-10(17)14(9)18)7-11(19)15-20-12-3-1-2-4-13(12)21-15/h1-6,11H,7,19H2. The van der Waals surface area contributed by atoms with Crippen molar-refractivity contribution in [2.24, 2.45) is 5.73 Å². The number of nitrogens with zero attached hydrogens (tertiary/aromatic N) is 1. The van der Waals surface area contributed by atoms with Crippen molar-refractivity contribution < 1.29 is 13.2 Å². The van der Waals surface area contributed by atoms with Gasteiger partial charge in [-0.3, -0.25) is 0 Å². The van der Waals surface area contributed by atoms with Gasteiger partial charge in [0.25, 0.3) is 0 Å². The van der Waals surface area contributed by atoms with E-state index in [2.05, 4.69) is 4.98 Å². The van der Waals surface area contributed by atoms with E-state index in [-0.39, 0.29) is 6.42 Å². The van der Waals surface area contributed by atoms with Crippen LogP contribution in [0.3, 0.4) is 0 Å². The van der Waals surface area contributed by atoms with E-state index in [9.17, 15) is 13.2 Å². The Labute approximate surface area is 123 Å². The van der Waals surface area contributed by atoms with Gasteiger partial charge < -0.3 is 5.73 Å². The lowest BCUT2D eigenvalue weighted by atomic mass is 10.1. The molecule has 0 amide bonds. The molecule has 1 atom stereocenters. The van der Waals surface area contributed by atoms with Crippen LogP contribution in [0.15, 0.2) is 36.4 Å². The van der Waals surface area contributed by atoms with Gasteiger partial charge in [-0.25, -0.2) is 18.2 Å². The Morgan fingerprint density at radius 3 is 2.43 bits per heavy atom. The fraction of sp³-hybridized carbons (Fsp3) is 0.133. The first-order valence-electron chi connectivity index (χ1n) is 6.29. The molecular weight excluding hydrogens is 297 g/mol. The van der Waals surface area contributed by atoms with Crippen molar-refractivity contribution in [3.63, 3.8) is 0 Å². The zero-order valence-electron chi connectivity index (χ0n) is 10.8. The number of hydrogen-bond acceptors (Lipinski definition) is 3. The predicted octanol–water partition coefficient (Wildman–Crippen LogP) is 3.96. The second-order valence-corrected chi connectivity index (χ2v) is 5.77.